The molecule has 4 heterocycles. The third-order valence-electron chi connectivity index (χ3n) is 6.52. The van der Waals surface area contributed by atoms with E-state index in [0.717, 1.165) is 42.6 Å². The van der Waals surface area contributed by atoms with Crippen LogP contribution in [0.3, 0.4) is 0 Å². The maximum absolute atomic E-state index is 13.4. The zero-order valence-electron chi connectivity index (χ0n) is 22.3. The molecule has 14 heteroatoms. The molecule has 1 saturated heterocycles. The van der Waals surface area contributed by atoms with Crippen molar-refractivity contribution < 1.29 is 27.8 Å². The van der Waals surface area contributed by atoms with Crippen LogP contribution < -0.4 is 21.1 Å². The fourth-order valence-corrected chi connectivity index (χ4v) is 5.24. The Morgan fingerprint density at radius 1 is 1.20 bits per heavy atom. The van der Waals surface area contributed by atoms with Gasteiger partial charge in [0.25, 0.3) is 0 Å². The zero-order valence-corrected chi connectivity index (χ0v) is 23.1. The highest BCUT2D eigenvalue weighted by atomic mass is 32.1. The molecular formula is C26H32F3N7O3S. The fourth-order valence-electron chi connectivity index (χ4n) is 4.38. The molecule has 1 fully saturated rings. The Labute approximate surface area is 233 Å². The number of amides is 1. The molecule has 0 aromatic carbocycles. The molecule has 0 saturated carbocycles. The molecule has 0 radical (unpaired) electrons. The lowest BCUT2D eigenvalue weighted by Crippen LogP contribution is -2.41. The second-order valence-corrected chi connectivity index (χ2v) is 10.5. The number of pyridine rings is 2. The number of hydrogen-bond acceptors (Lipinski definition) is 10. The van der Waals surface area contributed by atoms with Gasteiger partial charge in [-0.05, 0) is 45.4 Å². The number of nitrogens with zero attached hydrogens (tertiary/aromatic N) is 4. The summed E-state index contributed by atoms with van der Waals surface area (Å²) in [6.07, 6.45) is -1.68. The molecule has 1 atom stereocenters. The summed E-state index contributed by atoms with van der Waals surface area (Å²) in [5, 5.41) is 16.6. The number of thiazole rings is 1. The second-order valence-electron chi connectivity index (χ2n) is 9.64. The first kappa shape index (κ1) is 29.6. The summed E-state index contributed by atoms with van der Waals surface area (Å²) in [5.41, 5.74) is 5.56. The average Bonchev–Trinajstić information content (AvgIpc) is 3.40. The van der Waals surface area contributed by atoms with E-state index < -0.39 is 24.1 Å². The predicted molar refractivity (Wildman–Crippen MR) is 146 cm³/mol. The highest BCUT2D eigenvalue weighted by Gasteiger charge is 2.34. The molecule has 1 unspecified atom stereocenters. The van der Waals surface area contributed by atoms with Gasteiger partial charge in [0.15, 0.2) is 12.0 Å². The number of ether oxygens (including phenoxy) is 1. The molecular weight excluding hydrogens is 547 g/mol. The van der Waals surface area contributed by atoms with Crippen molar-refractivity contribution in [1.82, 2.24) is 25.2 Å². The molecule has 216 valence electrons. The Hall–Kier alpha value is -3.33. The van der Waals surface area contributed by atoms with Crippen molar-refractivity contribution in [2.24, 2.45) is 5.73 Å². The van der Waals surface area contributed by atoms with Crippen LogP contribution in [-0.4, -0.2) is 69.0 Å². The normalized spacial score (nSPS) is 15.8. The second kappa shape index (κ2) is 12.5. The van der Waals surface area contributed by atoms with Crippen molar-refractivity contribution in [1.29, 1.82) is 0 Å². The van der Waals surface area contributed by atoms with Crippen molar-refractivity contribution in [2.45, 2.75) is 58.3 Å². The SMILES string of the molecule is CCNC(O)Nc1cc(-c2nc(C(F)(F)F)cs2)c(-c2cc(C(N)=O)cnc2OC2CCN(C(C)C)CC2)cn1. The molecule has 1 amide bonds. The summed E-state index contributed by atoms with van der Waals surface area (Å²) in [5.74, 6) is -0.323. The maximum atomic E-state index is 13.4. The molecule has 0 spiro atoms. The van der Waals surface area contributed by atoms with Gasteiger partial charge in [0.2, 0.25) is 11.8 Å². The molecule has 0 aliphatic carbocycles. The minimum atomic E-state index is -4.63. The lowest BCUT2D eigenvalue weighted by Gasteiger charge is -2.34. The highest BCUT2D eigenvalue weighted by molar-refractivity contribution is 7.13. The monoisotopic (exact) mass is 579 g/mol. The maximum Gasteiger partial charge on any atom is 0.434 e. The smallest absolute Gasteiger partial charge is 0.434 e. The largest absolute Gasteiger partial charge is 0.474 e. The Balaban J connectivity index is 1.78. The first-order chi connectivity index (χ1) is 19.0. The van der Waals surface area contributed by atoms with Gasteiger partial charge >= 0.3 is 6.18 Å². The molecule has 5 N–H and O–H groups in total. The van der Waals surface area contributed by atoms with E-state index in [1.807, 2.05) is 0 Å². The topological polar surface area (TPSA) is 139 Å². The first-order valence-corrected chi connectivity index (χ1v) is 13.8. The number of primary amides is 1. The molecule has 10 nitrogen and oxygen atoms in total. The summed E-state index contributed by atoms with van der Waals surface area (Å²) in [6, 6.07) is 3.39. The van der Waals surface area contributed by atoms with Gasteiger partial charge in [0, 0.05) is 53.6 Å². The van der Waals surface area contributed by atoms with Crippen LogP contribution in [0.25, 0.3) is 21.7 Å². The van der Waals surface area contributed by atoms with Gasteiger partial charge < -0.3 is 25.8 Å². The van der Waals surface area contributed by atoms with Gasteiger partial charge in [-0.25, -0.2) is 15.0 Å². The first-order valence-electron chi connectivity index (χ1n) is 12.9. The Morgan fingerprint density at radius 2 is 1.93 bits per heavy atom. The number of likely N-dealkylation sites (tertiary alicyclic amines) is 1. The number of hydrogen-bond donors (Lipinski definition) is 4. The van der Waals surface area contributed by atoms with Gasteiger partial charge in [-0.3, -0.25) is 10.1 Å². The minimum absolute atomic E-state index is 0.0615. The quantitative estimate of drug-likeness (QED) is 0.263. The van der Waals surface area contributed by atoms with Crippen LogP contribution in [0.1, 0.15) is 49.7 Å². The summed E-state index contributed by atoms with van der Waals surface area (Å²) >= 11 is 0.808. The molecule has 1 aliphatic heterocycles. The van der Waals surface area contributed by atoms with E-state index in [2.05, 4.69) is 44.3 Å². The fraction of sp³-hybridized carbons (Fsp3) is 0.462. The van der Waals surface area contributed by atoms with Crippen molar-refractivity contribution in [3.8, 4) is 27.6 Å². The lowest BCUT2D eigenvalue weighted by atomic mass is 10.0. The highest BCUT2D eigenvalue weighted by Crippen LogP contribution is 2.41. The Bertz CT molecular complexity index is 1330. The van der Waals surface area contributed by atoms with Crippen LogP contribution in [0.5, 0.6) is 5.88 Å². The lowest BCUT2D eigenvalue weighted by molar-refractivity contribution is -0.140. The van der Waals surface area contributed by atoms with Crippen molar-refractivity contribution in [2.75, 3.05) is 25.0 Å². The van der Waals surface area contributed by atoms with Crippen LogP contribution >= 0.6 is 11.3 Å². The Kier molecular flexibility index (Phi) is 9.23. The number of nitrogens with two attached hydrogens (primary N) is 1. The standard InChI is InChI=1S/C26H32F3N7O3S/c1-4-31-25(38)35-21-10-18(24-34-20(13-40-24)26(27,28)29)19(12-32-21)17-9-15(22(30)37)11-33-23(17)39-16-5-7-36(8-6-16)14(2)3/h9-14,16,25,31,38H,4-8H2,1-3H3,(H2,30,37)(H,32,35). The van der Waals surface area contributed by atoms with E-state index in [-0.39, 0.29) is 33.9 Å². The minimum Gasteiger partial charge on any atom is -0.474 e. The number of aliphatic hydroxyl groups excluding tert-OH is 1. The van der Waals surface area contributed by atoms with Gasteiger partial charge in [-0.2, -0.15) is 13.2 Å². The van der Waals surface area contributed by atoms with Crippen molar-refractivity contribution >= 4 is 23.1 Å². The van der Waals surface area contributed by atoms with Gasteiger partial charge in [-0.15, -0.1) is 11.3 Å². The number of anilines is 1. The third kappa shape index (κ3) is 7.05. The van der Waals surface area contributed by atoms with Gasteiger partial charge in [0.1, 0.15) is 16.9 Å². The number of carbonyl (C=O) groups is 1. The number of halogens is 3. The van der Waals surface area contributed by atoms with Crippen LogP contribution in [0.4, 0.5) is 19.0 Å². The van der Waals surface area contributed by atoms with E-state index in [1.165, 1.54) is 24.5 Å². The summed E-state index contributed by atoms with van der Waals surface area (Å²) in [7, 11) is 0. The number of piperidine rings is 1. The molecule has 4 rings (SSSR count). The van der Waals surface area contributed by atoms with E-state index in [9.17, 15) is 23.1 Å². The van der Waals surface area contributed by atoms with E-state index in [0.29, 0.717) is 23.7 Å². The van der Waals surface area contributed by atoms with E-state index in [1.54, 1.807) is 6.92 Å². The number of carbonyl (C=O) groups excluding carboxylic acids is 1. The predicted octanol–water partition coefficient (Wildman–Crippen LogP) is 3.93. The van der Waals surface area contributed by atoms with Crippen molar-refractivity contribution in [3.63, 3.8) is 0 Å². The summed E-state index contributed by atoms with van der Waals surface area (Å²) < 4.78 is 46.5. The van der Waals surface area contributed by atoms with Crippen molar-refractivity contribution in [3.05, 3.63) is 41.2 Å². The molecule has 0 bridgehead atoms. The number of nitrogens with one attached hydrogen (secondary N) is 2. The van der Waals surface area contributed by atoms with Gasteiger partial charge in [0.05, 0.1) is 5.56 Å². The zero-order chi connectivity index (χ0) is 29.0. The Morgan fingerprint density at radius 3 is 2.52 bits per heavy atom. The van der Waals surface area contributed by atoms with Crippen LogP contribution in [-0.2, 0) is 6.18 Å². The molecule has 3 aromatic rings. The average molecular weight is 580 g/mol. The van der Waals surface area contributed by atoms with Gasteiger partial charge in [-0.1, -0.05) is 6.92 Å². The van der Waals surface area contributed by atoms with Crippen LogP contribution in [0, 0.1) is 0 Å². The summed E-state index contributed by atoms with van der Waals surface area (Å²) in [6.45, 7) is 8.22. The summed E-state index contributed by atoms with van der Waals surface area (Å²) in [4.78, 5) is 26.9. The molecule has 1 aliphatic rings. The number of rotatable bonds is 10. The molecule has 40 heavy (non-hydrogen) atoms. The third-order valence-corrected chi connectivity index (χ3v) is 7.40. The number of aliphatic hydroxyl groups is 1. The number of alkyl halides is 3. The number of aromatic nitrogens is 3. The molecule has 3 aromatic heterocycles. The van der Waals surface area contributed by atoms with Crippen LogP contribution in [0.15, 0.2) is 29.9 Å². The van der Waals surface area contributed by atoms with E-state index >= 15 is 0 Å². The van der Waals surface area contributed by atoms with E-state index in [4.69, 9.17) is 10.5 Å². The van der Waals surface area contributed by atoms with Crippen LogP contribution in [0.2, 0.25) is 0 Å².